The van der Waals surface area contributed by atoms with E-state index < -0.39 is 10.1 Å². The van der Waals surface area contributed by atoms with Crippen LogP contribution in [-0.4, -0.2) is 37.8 Å². The van der Waals surface area contributed by atoms with E-state index >= 15 is 0 Å². The van der Waals surface area contributed by atoms with Crippen LogP contribution in [0.2, 0.25) is 0 Å². The Morgan fingerprint density at radius 2 is 1.47 bits per heavy atom. The summed E-state index contributed by atoms with van der Waals surface area (Å²) in [6.07, 6.45) is 4.25. The zero-order chi connectivity index (χ0) is 23.6. The molecule has 3 rings (SSSR count). The number of pyridine rings is 1. The van der Waals surface area contributed by atoms with Crippen molar-refractivity contribution in [3.05, 3.63) is 89.7 Å². The minimum atomic E-state index is -4.27. The van der Waals surface area contributed by atoms with Crippen LogP contribution in [-0.2, 0) is 16.7 Å². The molecule has 0 saturated carbocycles. The van der Waals surface area contributed by atoms with Crippen LogP contribution >= 0.6 is 23.2 Å². The molecule has 0 unspecified atom stereocenters. The van der Waals surface area contributed by atoms with Crippen molar-refractivity contribution in [2.75, 3.05) is 29.7 Å². The predicted molar refractivity (Wildman–Crippen MR) is 130 cm³/mol. The number of alkyl halides is 2. The average molecular weight is 495 g/mol. The second kappa shape index (κ2) is 12.8. The normalized spacial score (nSPS) is 10.9. The molecular formula is C24H28Cl2N2O3S. The summed E-state index contributed by atoms with van der Waals surface area (Å²) in [4.78, 5) is 2.03. The Kier molecular flexibility index (Phi) is 10.5. The zero-order valence-electron chi connectivity index (χ0n) is 18.2. The summed E-state index contributed by atoms with van der Waals surface area (Å²) in [7, 11) is -4.27. The molecule has 0 amide bonds. The molecule has 0 spiro atoms. The molecule has 0 N–H and O–H groups in total. The second-order valence-electron chi connectivity index (χ2n) is 7.35. The molecule has 0 atom stereocenters. The Morgan fingerprint density at radius 3 is 1.97 bits per heavy atom. The number of anilines is 1. The monoisotopic (exact) mass is 494 g/mol. The highest BCUT2D eigenvalue weighted by Crippen LogP contribution is 2.15. The third kappa shape index (κ3) is 8.79. The van der Waals surface area contributed by atoms with Gasteiger partial charge < -0.3 is 9.45 Å². The molecule has 1 aromatic heterocycles. The summed E-state index contributed by atoms with van der Waals surface area (Å²) in [6, 6.07) is 18.6. The van der Waals surface area contributed by atoms with Crippen molar-refractivity contribution in [3.8, 4) is 0 Å². The molecule has 1 heterocycles. The van der Waals surface area contributed by atoms with Gasteiger partial charge in [0.2, 0.25) is 0 Å². The van der Waals surface area contributed by atoms with Crippen LogP contribution in [0.5, 0.6) is 0 Å². The zero-order valence-corrected chi connectivity index (χ0v) is 20.6. The standard InChI is InChI=1S/C17H21Cl2N2.C7H8O3S/c1-15-3-2-10-20(13-15)14-16-4-6-17(7-5-16)21(11-8-18)12-9-19;1-6-2-4-7(5-3-6)11(8,9)10/h2-7,10,13H,8-9,11-12,14H2,1H3;2-5H,1H3,(H,8,9,10)/q+1;/p-1. The third-order valence-electron chi connectivity index (χ3n) is 4.69. The van der Waals surface area contributed by atoms with Gasteiger partial charge in [-0.1, -0.05) is 29.8 Å². The first-order chi connectivity index (χ1) is 15.2. The molecule has 0 fully saturated rings. The van der Waals surface area contributed by atoms with Gasteiger partial charge in [0.25, 0.3) is 0 Å². The van der Waals surface area contributed by atoms with Gasteiger partial charge >= 0.3 is 0 Å². The van der Waals surface area contributed by atoms with E-state index in [-0.39, 0.29) is 4.90 Å². The molecule has 0 aliphatic rings. The summed E-state index contributed by atoms with van der Waals surface area (Å²) in [5, 5.41) is 0. The number of nitrogens with zero attached hydrogens (tertiary/aromatic N) is 2. The van der Waals surface area contributed by atoms with Crippen molar-refractivity contribution < 1.29 is 17.5 Å². The minimum Gasteiger partial charge on any atom is -0.744 e. The Morgan fingerprint density at radius 1 is 0.875 bits per heavy atom. The summed E-state index contributed by atoms with van der Waals surface area (Å²) in [5.74, 6) is 1.22. The third-order valence-corrected chi connectivity index (χ3v) is 5.88. The number of aromatic nitrogens is 1. The van der Waals surface area contributed by atoms with E-state index in [0.29, 0.717) is 11.8 Å². The van der Waals surface area contributed by atoms with Crippen molar-refractivity contribution in [2.24, 2.45) is 0 Å². The van der Waals surface area contributed by atoms with Gasteiger partial charge in [0.05, 0.1) is 4.90 Å². The highest BCUT2D eigenvalue weighted by atomic mass is 35.5. The fourth-order valence-corrected chi connectivity index (χ4v) is 3.93. The quantitative estimate of drug-likeness (QED) is 0.262. The van der Waals surface area contributed by atoms with Crippen molar-refractivity contribution in [2.45, 2.75) is 25.3 Å². The average Bonchev–Trinajstić information content (AvgIpc) is 2.74. The predicted octanol–water partition coefficient (Wildman–Crippen LogP) is 4.51. The highest BCUT2D eigenvalue weighted by molar-refractivity contribution is 7.85. The summed E-state index contributed by atoms with van der Waals surface area (Å²) < 4.78 is 33.4. The summed E-state index contributed by atoms with van der Waals surface area (Å²) in [6.45, 7) is 6.45. The highest BCUT2D eigenvalue weighted by Gasteiger charge is 2.07. The van der Waals surface area contributed by atoms with Gasteiger partial charge in [0, 0.05) is 47.7 Å². The van der Waals surface area contributed by atoms with Crippen LogP contribution in [0.3, 0.4) is 0 Å². The van der Waals surface area contributed by atoms with Crippen LogP contribution < -0.4 is 9.47 Å². The van der Waals surface area contributed by atoms with E-state index in [4.69, 9.17) is 23.2 Å². The maximum absolute atomic E-state index is 10.4. The Bertz CT molecular complexity index is 1070. The molecule has 172 valence electrons. The Hall–Kier alpha value is -2.12. The molecule has 0 aliphatic carbocycles. The Balaban J connectivity index is 0.000000278. The number of benzene rings is 2. The number of hydrogen-bond acceptors (Lipinski definition) is 4. The molecule has 8 heteroatoms. The SMILES string of the molecule is Cc1ccc(S(=O)(=O)[O-])cc1.Cc1ccc[n+](Cc2ccc(N(CCCl)CCCl)cc2)c1. The molecule has 5 nitrogen and oxygen atoms in total. The lowest BCUT2D eigenvalue weighted by molar-refractivity contribution is -0.688. The number of rotatable bonds is 8. The summed E-state index contributed by atoms with van der Waals surface area (Å²) in [5.41, 5.74) is 4.65. The number of halogens is 2. The topological polar surface area (TPSA) is 64.3 Å². The largest absolute Gasteiger partial charge is 0.744 e. The lowest BCUT2D eigenvalue weighted by Gasteiger charge is -2.22. The van der Waals surface area contributed by atoms with Gasteiger partial charge in [0.15, 0.2) is 18.9 Å². The van der Waals surface area contributed by atoms with Crippen molar-refractivity contribution in [3.63, 3.8) is 0 Å². The lowest BCUT2D eigenvalue weighted by Crippen LogP contribution is -2.33. The van der Waals surface area contributed by atoms with E-state index in [9.17, 15) is 13.0 Å². The van der Waals surface area contributed by atoms with E-state index in [1.54, 1.807) is 12.1 Å². The first-order valence-corrected chi connectivity index (χ1v) is 12.6. The molecule has 2 aromatic carbocycles. The van der Waals surface area contributed by atoms with Crippen molar-refractivity contribution in [1.29, 1.82) is 0 Å². The van der Waals surface area contributed by atoms with Gasteiger partial charge in [-0.2, -0.15) is 0 Å². The van der Waals surface area contributed by atoms with Gasteiger partial charge in [0.1, 0.15) is 10.1 Å². The van der Waals surface area contributed by atoms with Gasteiger partial charge in [-0.25, -0.2) is 13.0 Å². The molecular weight excluding hydrogens is 467 g/mol. The van der Waals surface area contributed by atoms with E-state index in [1.165, 1.54) is 28.9 Å². The molecule has 0 bridgehead atoms. The fraction of sp³-hybridized carbons (Fsp3) is 0.292. The first kappa shape index (κ1) is 26.1. The van der Waals surface area contributed by atoms with Crippen LogP contribution in [0.1, 0.15) is 16.7 Å². The van der Waals surface area contributed by atoms with Crippen LogP contribution in [0.15, 0.2) is 78.0 Å². The number of aryl methyl sites for hydroxylation is 2. The lowest BCUT2D eigenvalue weighted by atomic mass is 10.2. The molecule has 0 saturated heterocycles. The molecule has 32 heavy (non-hydrogen) atoms. The van der Waals surface area contributed by atoms with Crippen LogP contribution in [0, 0.1) is 13.8 Å². The maximum Gasteiger partial charge on any atom is 0.173 e. The fourth-order valence-electron chi connectivity index (χ4n) is 3.05. The minimum absolute atomic E-state index is 0.178. The van der Waals surface area contributed by atoms with E-state index in [0.717, 1.165) is 25.2 Å². The smallest absolute Gasteiger partial charge is 0.173 e. The Labute approximate surface area is 201 Å². The van der Waals surface area contributed by atoms with Crippen molar-refractivity contribution in [1.82, 2.24) is 0 Å². The first-order valence-electron chi connectivity index (χ1n) is 10.2. The van der Waals surface area contributed by atoms with Crippen LogP contribution in [0.25, 0.3) is 0 Å². The molecule has 0 radical (unpaired) electrons. The van der Waals surface area contributed by atoms with Gasteiger partial charge in [-0.15, -0.1) is 23.2 Å². The number of hydrogen-bond donors (Lipinski definition) is 0. The molecule has 3 aromatic rings. The van der Waals surface area contributed by atoms with Gasteiger partial charge in [-0.3, -0.25) is 0 Å². The summed E-state index contributed by atoms with van der Waals surface area (Å²) >= 11 is 11.7. The molecule has 0 aliphatic heterocycles. The second-order valence-corrected chi connectivity index (χ2v) is 9.49. The van der Waals surface area contributed by atoms with E-state index in [2.05, 4.69) is 65.2 Å². The maximum atomic E-state index is 10.4. The van der Waals surface area contributed by atoms with Crippen LogP contribution in [0.4, 0.5) is 5.69 Å². The van der Waals surface area contributed by atoms with Crippen molar-refractivity contribution >= 4 is 39.0 Å². The van der Waals surface area contributed by atoms with E-state index in [1.807, 2.05) is 6.92 Å². The van der Waals surface area contributed by atoms with Gasteiger partial charge in [-0.05, 0) is 44.2 Å².